The predicted octanol–water partition coefficient (Wildman–Crippen LogP) is 2.31. The second-order valence-corrected chi connectivity index (χ2v) is 3.88. The van der Waals surface area contributed by atoms with Crippen LogP contribution in [0.15, 0.2) is 30.4 Å². The first-order chi connectivity index (χ1) is 9.19. The number of nitro benzene ring substituents is 1. The molecule has 0 unspecified atom stereocenters. The number of nitro groups is 1. The molecule has 0 radical (unpaired) electrons. The molecule has 6 nitrogen and oxygen atoms in total. The molecule has 0 aliphatic carbocycles. The van der Waals surface area contributed by atoms with E-state index in [1.54, 1.807) is 12.1 Å². The lowest BCUT2D eigenvalue weighted by atomic mass is 10.2. The molecule has 0 aromatic heterocycles. The zero-order valence-corrected chi connectivity index (χ0v) is 11.0. The van der Waals surface area contributed by atoms with E-state index in [0.717, 1.165) is 12.1 Å². The van der Waals surface area contributed by atoms with Gasteiger partial charge in [0, 0.05) is 30.9 Å². The van der Waals surface area contributed by atoms with Gasteiger partial charge in [-0.2, -0.15) is 0 Å². The highest BCUT2D eigenvalue weighted by Gasteiger charge is 2.15. The van der Waals surface area contributed by atoms with Crippen LogP contribution in [0, 0.1) is 10.1 Å². The number of hydrogen-bond donors (Lipinski definition) is 2. The summed E-state index contributed by atoms with van der Waals surface area (Å²) in [6.07, 6.45) is 4.54. The monoisotopic (exact) mass is 265 g/mol. The van der Waals surface area contributed by atoms with Crippen molar-refractivity contribution in [1.82, 2.24) is 0 Å². The van der Waals surface area contributed by atoms with Crippen LogP contribution < -0.4 is 15.8 Å². The molecular weight excluding hydrogens is 246 g/mol. The molecule has 6 heteroatoms. The summed E-state index contributed by atoms with van der Waals surface area (Å²) in [5.74, 6) is 0.291. The van der Waals surface area contributed by atoms with Crippen molar-refractivity contribution in [1.29, 1.82) is 0 Å². The average Bonchev–Trinajstić information content (AvgIpc) is 2.41. The second kappa shape index (κ2) is 8.10. The summed E-state index contributed by atoms with van der Waals surface area (Å²) >= 11 is 0. The van der Waals surface area contributed by atoms with Crippen LogP contribution in [-0.4, -0.2) is 24.6 Å². The molecule has 0 atom stereocenters. The third-order valence-electron chi connectivity index (χ3n) is 2.34. The van der Waals surface area contributed by atoms with Crippen LogP contribution in [0.25, 0.3) is 0 Å². The van der Waals surface area contributed by atoms with Crippen LogP contribution in [0.1, 0.15) is 13.3 Å². The standard InChI is InChI=1S/C13H19N3O3/c1-2-9-19-13-10-11(15-8-4-3-7-14)5-6-12(13)16(17)18/h3-6,10,15H,2,7-9,14H2,1H3/b4-3+. The van der Waals surface area contributed by atoms with E-state index in [4.69, 9.17) is 10.5 Å². The van der Waals surface area contributed by atoms with E-state index < -0.39 is 4.92 Å². The van der Waals surface area contributed by atoms with E-state index in [9.17, 15) is 10.1 Å². The fraction of sp³-hybridized carbons (Fsp3) is 0.385. The van der Waals surface area contributed by atoms with Crippen LogP contribution in [0.5, 0.6) is 5.75 Å². The minimum Gasteiger partial charge on any atom is -0.487 e. The minimum atomic E-state index is -0.441. The third-order valence-corrected chi connectivity index (χ3v) is 2.34. The summed E-state index contributed by atoms with van der Waals surface area (Å²) in [6.45, 7) is 3.51. The molecule has 0 amide bonds. The number of nitrogens with two attached hydrogens (primary N) is 1. The van der Waals surface area contributed by atoms with Crippen molar-refractivity contribution in [2.75, 3.05) is 25.0 Å². The van der Waals surface area contributed by atoms with Gasteiger partial charge < -0.3 is 15.8 Å². The Morgan fingerprint density at radius 1 is 1.47 bits per heavy atom. The zero-order valence-electron chi connectivity index (χ0n) is 11.0. The molecule has 0 fully saturated rings. The molecule has 1 rings (SSSR count). The van der Waals surface area contributed by atoms with Crippen molar-refractivity contribution >= 4 is 11.4 Å². The Kier molecular flexibility index (Phi) is 6.38. The smallest absolute Gasteiger partial charge is 0.311 e. The average molecular weight is 265 g/mol. The first kappa shape index (κ1) is 15.0. The van der Waals surface area contributed by atoms with Crippen molar-refractivity contribution < 1.29 is 9.66 Å². The molecule has 0 aliphatic rings. The van der Waals surface area contributed by atoms with Crippen LogP contribution in [0.2, 0.25) is 0 Å². The number of hydrogen-bond acceptors (Lipinski definition) is 5. The summed E-state index contributed by atoms with van der Waals surface area (Å²) in [5.41, 5.74) is 6.09. The Morgan fingerprint density at radius 3 is 2.89 bits per heavy atom. The van der Waals surface area contributed by atoms with Crippen LogP contribution >= 0.6 is 0 Å². The molecule has 1 aromatic carbocycles. The Bertz CT molecular complexity index is 447. The summed E-state index contributed by atoms with van der Waals surface area (Å²) in [6, 6.07) is 4.75. The number of rotatable bonds is 8. The van der Waals surface area contributed by atoms with Crippen molar-refractivity contribution in [2.45, 2.75) is 13.3 Å². The quantitative estimate of drug-likeness (QED) is 0.427. The van der Waals surface area contributed by atoms with Gasteiger partial charge >= 0.3 is 5.69 Å². The van der Waals surface area contributed by atoms with Crippen molar-refractivity contribution in [3.05, 3.63) is 40.5 Å². The van der Waals surface area contributed by atoms with Gasteiger partial charge in [-0.3, -0.25) is 10.1 Å². The molecule has 0 saturated heterocycles. The Balaban J connectivity index is 2.78. The first-order valence-electron chi connectivity index (χ1n) is 6.19. The Morgan fingerprint density at radius 2 is 2.26 bits per heavy atom. The van der Waals surface area contributed by atoms with Gasteiger partial charge in [-0.05, 0) is 12.5 Å². The van der Waals surface area contributed by atoms with E-state index >= 15 is 0 Å². The molecule has 3 N–H and O–H groups in total. The van der Waals surface area contributed by atoms with Crippen LogP contribution in [0.3, 0.4) is 0 Å². The number of nitrogens with zero attached hydrogens (tertiary/aromatic N) is 1. The van der Waals surface area contributed by atoms with E-state index in [1.165, 1.54) is 6.07 Å². The van der Waals surface area contributed by atoms with Crippen LogP contribution in [-0.2, 0) is 0 Å². The first-order valence-corrected chi connectivity index (χ1v) is 6.19. The van der Waals surface area contributed by atoms with Gasteiger partial charge in [-0.15, -0.1) is 0 Å². The lowest BCUT2D eigenvalue weighted by Gasteiger charge is -2.08. The van der Waals surface area contributed by atoms with E-state index in [0.29, 0.717) is 25.4 Å². The maximum absolute atomic E-state index is 10.9. The van der Waals surface area contributed by atoms with Gasteiger partial charge in [0.25, 0.3) is 0 Å². The fourth-order valence-corrected chi connectivity index (χ4v) is 1.46. The van der Waals surface area contributed by atoms with Crippen molar-refractivity contribution in [3.63, 3.8) is 0 Å². The summed E-state index contributed by atoms with van der Waals surface area (Å²) in [4.78, 5) is 10.4. The van der Waals surface area contributed by atoms with Gasteiger partial charge in [0.05, 0.1) is 11.5 Å². The highest BCUT2D eigenvalue weighted by molar-refractivity contribution is 5.58. The zero-order chi connectivity index (χ0) is 14.1. The summed E-state index contributed by atoms with van der Waals surface area (Å²) in [5, 5.41) is 14.0. The van der Waals surface area contributed by atoms with Gasteiger partial charge in [0.1, 0.15) is 0 Å². The topological polar surface area (TPSA) is 90.4 Å². The second-order valence-electron chi connectivity index (χ2n) is 3.88. The van der Waals surface area contributed by atoms with Crippen molar-refractivity contribution in [3.8, 4) is 5.75 Å². The molecular formula is C13H19N3O3. The van der Waals surface area contributed by atoms with E-state index in [2.05, 4.69) is 5.32 Å². The lowest BCUT2D eigenvalue weighted by molar-refractivity contribution is -0.385. The highest BCUT2D eigenvalue weighted by Crippen LogP contribution is 2.30. The molecule has 0 spiro atoms. The number of nitrogens with one attached hydrogen (secondary N) is 1. The Labute approximate surface area is 112 Å². The van der Waals surface area contributed by atoms with Crippen molar-refractivity contribution in [2.24, 2.45) is 5.73 Å². The third kappa shape index (κ3) is 4.97. The molecule has 19 heavy (non-hydrogen) atoms. The van der Waals surface area contributed by atoms with Gasteiger partial charge in [0.15, 0.2) is 5.75 Å². The van der Waals surface area contributed by atoms with Crippen LogP contribution in [0.4, 0.5) is 11.4 Å². The van der Waals surface area contributed by atoms with Gasteiger partial charge in [-0.25, -0.2) is 0 Å². The molecule has 104 valence electrons. The summed E-state index contributed by atoms with van der Waals surface area (Å²) in [7, 11) is 0. The van der Waals surface area contributed by atoms with E-state index in [1.807, 2.05) is 19.1 Å². The highest BCUT2D eigenvalue weighted by atomic mass is 16.6. The Hall–Kier alpha value is -2.08. The fourth-order valence-electron chi connectivity index (χ4n) is 1.46. The number of benzene rings is 1. The molecule has 0 bridgehead atoms. The largest absolute Gasteiger partial charge is 0.487 e. The molecule has 0 heterocycles. The van der Waals surface area contributed by atoms with E-state index in [-0.39, 0.29) is 5.69 Å². The SMILES string of the molecule is CCCOc1cc(NC/C=C/CN)ccc1[N+](=O)[O-]. The predicted molar refractivity (Wildman–Crippen MR) is 75.6 cm³/mol. The molecule has 0 aliphatic heterocycles. The molecule has 1 aromatic rings. The number of anilines is 1. The lowest BCUT2D eigenvalue weighted by Crippen LogP contribution is -2.03. The maximum atomic E-state index is 10.9. The summed E-state index contributed by atoms with van der Waals surface area (Å²) < 4.78 is 5.40. The van der Waals surface area contributed by atoms with Gasteiger partial charge in [0.2, 0.25) is 0 Å². The number of ether oxygens (including phenoxy) is 1. The normalized spacial score (nSPS) is 10.6. The van der Waals surface area contributed by atoms with Gasteiger partial charge in [-0.1, -0.05) is 19.1 Å². The maximum Gasteiger partial charge on any atom is 0.311 e. The minimum absolute atomic E-state index is 0.0171. The molecule has 0 saturated carbocycles.